The maximum absolute atomic E-state index is 13.3. The van der Waals surface area contributed by atoms with Gasteiger partial charge in [0.1, 0.15) is 17.3 Å². The van der Waals surface area contributed by atoms with Crippen LogP contribution in [0.25, 0.3) is 0 Å². The fourth-order valence-corrected chi connectivity index (χ4v) is 3.28. The van der Waals surface area contributed by atoms with Gasteiger partial charge in [0.25, 0.3) is 5.56 Å². The van der Waals surface area contributed by atoms with Gasteiger partial charge in [0.05, 0.1) is 26.3 Å². The molecule has 0 radical (unpaired) electrons. The van der Waals surface area contributed by atoms with Gasteiger partial charge in [0, 0.05) is 6.54 Å². The van der Waals surface area contributed by atoms with Crippen LogP contribution in [0.1, 0.15) is 31.1 Å². The predicted octanol–water partition coefficient (Wildman–Crippen LogP) is 2.30. The number of unbranched alkanes of at least 4 members (excludes halogenated alkanes) is 1. The van der Waals surface area contributed by atoms with E-state index in [1.54, 1.807) is 43.5 Å². The van der Waals surface area contributed by atoms with Crippen molar-refractivity contribution in [2.75, 3.05) is 17.7 Å². The summed E-state index contributed by atoms with van der Waals surface area (Å²) in [4.78, 5) is 41.8. The number of furan rings is 1. The van der Waals surface area contributed by atoms with Gasteiger partial charge in [-0.2, -0.15) is 0 Å². The number of benzene rings is 1. The molecule has 1 amide bonds. The highest BCUT2D eigenvalue weighted by Gasteiger charge is 2.25. The minimum absolute atomic E-state index is 0.00484. The number of hydrogen-bond acceptors (Lipinski definition) is 6. The second kappa shape index (κ2) is 9.84. The molecule has 164 valence electrons. The molecular weight excluding hydrogens is 400 g/mol. The predicted molar refractivity (Wildman–Crippen MR) is 117 cm³/mol. The number of H-pyrrole nitrogens is 1. The van der Waals surface area contributed by atoms with E-state index in [1.165, 1.54) is 15.7 Å². The highest BCUT2D eigenvalue weighted by Crippen LogP contribution is 2.22. The Balaban J connectivity index is 2.04. The van der Waals surface area contributed by atoms with Gasteiger partial charge >= 0.3 is 5.69 Å². The molecule has 9 heteroatoms. The molecular formula is C22H26N4O5. The van der Waals surface area contributed by atoms with Crippen LogP contribution in [0.3, 0.4) is 0 Å². The first-order chi connectivity index (χ1) is 14.9. The standard InChI is InChI=1S/C22H26N4O5/c1-3-4-10-25-20(23)19(21(28)24-22(25)29)26(14-17-9-6-11-31-17)18(27)13-15-7-5-8-16(12-15)30-2/h5-9,11-12H,3-4,10,13-14,23H2,1-2H3,(H,24,28,29). The second-order valence-electron chi connectivity index (χ2n) is 7.09. The number of aromatic nitrogens is 2. The number of hydrogen-bond donors (Lipinski definition) is 2. The molecule has 9 nitrogen and oxygen atoms in total. The van der Waals surface area contributed by atoms with Crippen LogP contribution in [0.2, 0.25) is 0 Å². The number of methoxy groups -OCH3 is 1. The number of ether oxygens (including phenoxy) is 1. The van der Waals surface area contributed by atoms with Crippen molar-refractivity contribution in [3.8, 4) is 5.75 Å². The van der Waals surface area contributed by atoms with Crippen molar-refractivity contribution in [3.05, 3.63) is 74.8 Å². The van der Waals surface area contributed by atoms with Crippen molar-refractivity contribution in [2.45, 2.75) is 39.3 Å². The Bertz CT molecular complexity index is 1150. The molecule has 0 saturated carbocycles. The van der Waals surface area contributed by atoms with Crippen molar-refractivity contribution in [2.24, 2.45) is 0 Å². The molecule has 3 aromatic rings. The lowest BCUT2D eigenvalue weighted by molar-refractivity contribution is -0.118. The maximum atomic E-state index is 13.3. The van der Waals surface area contributed by atoms with Gasteiger partial charge in [0.2, 0.25) is 5.91 Å². The minimum Gasteiger partial charge on any atom is -0.497 e. The Kier molecular flexibility index (Phi) is 6.96. The van der Waals surface area contributed by atoms with E-state index >= 15 is 0 Å². The normalized spacial score (nSPS) is 10.8. The van der Waals surface area contributed by atoms with Crippen LogP contribution in [-0.2, 0) is 24.3 Å². The van der Waals surface area contributed by atoms with Gasteiger partial charge in [-0.25, -0.2) is 4.79 Å². The van der Waals surface area contributed by atoms with Crippen LogP contribution >= 0.6 is 0 Å². The van der Waals surface area contributed by atoms with Crippen molar-refractivity contribution in [1.82, 2.24) is 9.55 Å². The Hall–Kier alpha value is -3.75. The first kappa shape index (κ1) is 21.9. The van der Waals surface area contributed by atoms with Crippen molar-refractivity contribution in [1.29, 1.82) is 0 Å². The Morgan fingerprint density at radius 3 is 2.74 bits per heavy atom. The molecule has 0 bridgehead atoms. The molecule has 31 heavy (non-hydrogen) atoms. The first-order valence-electron chi connectivity index (χ1n) is 10.0. The van der Waals surface area contributed by atoms with Gasteiger partial charge in [-0.05, 0) is 36.2 Å². The summed E-state index contributed by atoms with van der Waals surface area (Å²) in [6.45, 7) is 2.31. The number of amides is 1. The van der Waals surface area contributed by atoms with Crippen LogP contribution < -0.4 is 26.6 Å². The molecule has 0 saturated heterocycles. The Morgan fingerprint density at radius 1 is 1.26 bits per heavy atom. The van der Waals surface area contributed by atoms with Gasteiger partial charge < -0.3 is 14.9 Å². The highest BCUT2D eigenvalue weighted by atomic mass is 16.5. The molecule has 1 aromatic carbocycles. The van der Waals surface area contributed by atoms with E-state index < -0.39 is 11.2 Å². The minimum atomic E-state index is -0.721. The van der Waals surface area contributed by atoms with E-state index in [9.17, 15) is 14.4 Å². The fraction of sp³-hybridized carbons (Fsp3) is 0.318. The van der Waals surface area contributed by atoms with E-state index in [2.05, 4.69) is 4.98 Å². The first-order valence-corrected chi connectivity index (χ1v) is 10.0. The van der Waals surface area contributed by atoms with Gasteiger partial charge in [-0.15, -0.1) is 0 Å². The third kappa shape index (κ3) is 5.06. The van der Waals surface area contributed by atoms with Gasteiger partial charge in [0.15, 0.2) is 5.69 Å². The molecule has 0 fully saturated rings. The number of rotatable bonds is 9. The summed E-state index contributed by atoms with van der Waals surface area (Å²) in [5, 5.41) is 0. The summed E-state index contributed by atoms with van der Waals surface area (Å²) in [7, 11) is 1.55. The molecule has 0 atom stereocenters. The van der Waals surface area contributed by atoms with E-state index in [0.717, 1.165) is 6.42 Å². The van der Waals surface area contributed by atoms with Crippen LogP contribution in [0.15, 0.2) is 56.7 Å². The van der Waals surface area contributed by atoms with Crippen molar-refractivity contribution in [3.63, 3.8) is 0 Å². The molecule has 0 aliphatic heterocycles. The topological polar surface area (TPSA) is 124 Å². The fourth-order valence-electron chi connectivity index (χ4n) is 3.28. The highest BCUT2D eigenvalue weighted by molar-refractivity contribution is 5.96. The number of carbonyl (C=O) groups is 1. The van der Waals surface area contributed by atoms with E-state index in [1.807, 2.05) is 6.92 Å². The summed E-state index contributed by atoms with van der Waals surface area (Å²) in [5.74, 6) is 0.674. The molecule has 3 rings (SSSR count). The zero-order chi connectivity index (χ0) is 22.4. The Morgan fingerprint density at radius 2 is 2.06 bits per heavy atom. The van der Waals surface area contributed by atoms with Gasteiger partial charge in [-0.1, -0.05) is 25.5 Å². The number of nitrogens with one attached hydrogen (secondary N) is 1. The molecule has 0 unspecified atom stereocenters. The number of aromatic amines is 1. The number of anilines is 2. The monoisotopic (exact) mass is 426 g/mol. The van der Waals surface area contributed by atoms with E-state index in [0.29, 0.717) is 30.0 Å². The smallest absolute Gasteiger partial charge is 0.330 e. The quantitative estimate of drug-likeness (QED) is 0.541. The lowest BCUT2D eigenvalue weighted by atomic mass is 10.1. The van der Waals surface area contributed by atoms with Crippen LogP contribution in [0.4, 0.5) is 11.5 Å². The van der Waals surface area contributed by atoms with Crippen molar-refractivity contribution >= 4 is 17.4 Å². The molecule has 2 aromatic heterocycles. The average Bonchev–Trinajstić information content (AvgIpc) is 3.26. The van der Waals surface area contributed by atoms with E-state index in [-0.39, 0.29) is 30.4 Å². The number of nitrogens with two attached hydrogens (primary N) is 1. The summed E-state index contributed by atoms with van der Waals surface area (Å²) in [6, 6.07) is 10.5. The zero-order valence-electron chi connectivity index (χ0n) is 17.6. The van der Waals surface area contributed by atoms with Crippen LogP contribution in [-0.4, -0.2) is 22.6 Å². The molecule has 3 N–H and O–H groups in total. The number of nitrogen functional groups attached to an aromatic ring is 1. The Labute approximate surface area is 179 Å². The lowest BCUT2D eigenvalue weighted by Gasteiger charge is -2.24. The summed E-state index contributed by atoms with van der Waals surface area (Å²) < 4.78 is 11.9. The second-order valence-corrected chi connectivity index (χ2v) is 7.09. The molecule has 0 spiro atoms. The number of carbonyl (C=O) groups excluding carboxylic acids is 1. The number of nitrogens with zero attached hydrogens (tertiary/aromatic N) is 2. The zero-order valence-corrected chi connectivity index (χ0v) is 17.6. The average molecular weight is 426 g/mol. The maximum Gasteiger partial charge on any atom is 0.330 e. The van der Waals surface area contributed by atoms with Gasteiger partial charge in [-0.3, -0.25) is 24.0 Å². The van der Waals surface area contributed by atoms with Crippen LogP contribution in [0.5, 0.6) is 5.75 Å². The molecule has 0 aliphatic rings. The third-order valence-electron chi connectivity index (χ3n) is 4.90. The molecule has 2 heterocycles. The summed E-state index contributed by atoms with van der Waals surface area (Å²) in [5.41, 5.74) is 5.55. The largest absolute Gasteiger partial charge is 0.497 e. The third-order valence-corrected chi connectivity index (χ3v) is 4.90. The lowest BCUT2D eigenvalue weighted by Crippen LogP contribution is -2.41. The van der Waals surface area contributed by atoms with Crippen molar-refractivity contribution < 1.29 is 13.9 Å². The van der Waals surface area contributed by atoms with Crippen LogP contribution in [0, 0.1) is 0 Å². The summed E-state index contributed by atoms with van der Waals surface area (Å²) >= 11 is 0. The summed E-state index contributed by atoms with van der Waals surface area (Å²) in [6.07, 6.45) is 3.03. The van der Waals surface area contributed by atoms with E-state index in [4.69, 9.17) is 14.9 Å². The SMILES string of the molecule is CCCCn1c(N)c(N(Cc2ccco2)C(=O)Cc2cccc(OC)c2)c(=O)[nH]c1=O. The molecule has 0 aliphatic carbocycles.